The van der Waals surface area contributed by atoms with Crippen LogP contribution in [-0.2, 0) is 6.42 Å². The molecule has 2 N–H and O–H groups in total. The maximum atomic E-state index is 12.7. The van der Waals surface area contributed by atoms with Crippen LogP contribution in [0.4, 0.5) is 0 Å². The van der Waals surface area contributed by atoms with Crippen LogP contribution < -0.4 is 10.2 Å². The van der Waals surface area contributed by atoms with E-state index in [1.54, 1.807) is 11.7 Å². The third-order valence-corrected chi connectivity index (χ3v) is 6.28. The predicted molar refractivity (Wildman–Crippen MR) is 133 cm³/mol. The van der Waals surface area contributed by atoms with Crippen molar-refractivity contribution in [3.63, 3.8) is 0 Å². The Labute approximate surface area is 197 Å². The molecule has 0 aliphatic heterocycles. The first-order valence-electron chi connectivity index (χ1n) is 11.3. The van der Waals surface area contributed by atoms with Crippen LogP contribution in [0, 0.1) is 5.92 Å². The fourth-order valence-corrected chi connectivity index (χ4v) is 4.58. The molecule has 1 amide bonds. The van der Waals surface area contributed by atoms with Crippen LogP contribution in [0.2, 0.25) is 0 Å². The summed E-state index contributed by atoms with van der Waals surface area (Å²) in [5.41, 5.74) is 8.12. The Morgan fingerprint density at radius 2 is 1.85 bits per heavy atom. The van der Waals surface area contributed by atoms with E-state index < -0.39 is 5.91 Å². The molecule has 4 aromatic rings. The highest BCUT2D eigenvalue weighted by Crippen LogP contribution is 2.38. The largest absolute Gasteiger partial charge is 0.494 e. The van der Waals surface area contributed by atoms with Crippen molar-refractivity contribution in [1.82, 2.24) is 15.4 Å². The third-order valence-electron chi connectivity index (χ3n) is 6.28. The van der Waals surface area contributed by atoms with Gasteiger partial charge in [-0.25, -0.2) is 10.5 Å². The zero-order valence-electron chi connectivity index (χ0n) is 19.1. The fourth-order valence-electron chi connectivity index (χ4n) is 4.58. The molecule has 2 aromatic carbocycles. The maximum Gasteiger partial charge on any atom is 0.278 e. The molecular weight excluding hydrogens is 426 g/mol. The van der Waals surface area contributed by atoms with Gasteiger partial charge in [0.25, 0.3) is 5.91 Å². The molecule has 6 heteroatoms. The lowest BCUT2D eigenvalue weighted by atomic mass is 9.93. The minimum Gasteiger partial charge on any atom is -0.494 e. The van der Waals surface area contributed by atoms with Crippen LogP contribution >= 0.6 is 0 Å². The first-order valence-corrected chi connectivity index (χ1v) is 11.3. The lowest BCUT2D eigenvalue weighted by Crippen LogP contribution is -2.23. The second-order valence-electron chi connectivity index (χ2n) is 8.61. The number of amides is 1. The van der Waals surface area contributed by atoms with Crippen molar-refractivity contribution in [3.05, 3.63) is 83.7 Å². The summed E-state index contributed by atoms with van der Waals surface area (Å²) in [6, 6.07) is 18.2. The molecule has 1 atom stereocenters. The molecule has 0 bridgehead atoms. The van der Waals surface area contributed by atoms with Gasteiger partial charge in [0, 0.05) is 17.1 Å². The van der Waals surface area contributed by atoms with E-state index in [0.29, 0.717) is 29.3 Å². The zero-order chi connectivity index (χ0) is 23.7. The van der Waals surface area contributed by atoms with Crippen molar-refractivity contribution in [3.8, 4) is 28.1 Å². The normalized spacial score (nSPS) is 15.0. The monoisotopic (exact) mass is 451 g/mol. The summed E-state index contributed by atoms with van der Waals surface area (Å²) in [6.45, 7) is 2.13. The number of hydroxylamine groups is 1. The molecule has 0 fully saturated rings. The number of benzene rings is 2. The number of allylic oxidation sites excluding steroid dienone is 1. The van der Waals surface area contributed by atoms with Crippen molar-refractivity contribution in [2.45, 2.75) is 19.8 Å². The number of carbonyl (C=O) groups is 1. The first kappa shape index (κ1) is 21.8. The average molecular weight is 452 g/mol. The SMILES string of the molecule is COc1c(-c2ccc(-c3ccc4ncccc4c3)cc2)nc2c(c1C(=O)NO)C[C@H](C)CC=C2. The van der Waals surface area contributed by atoms with E-state index in [9.17, 15) is 10.0 Å². The van der Waals surface area contributed by atoms with Crippen molar-refractivity contribution in [2.75, 3.05) is 7.11 Å². The minimum atomic E-state index is -0.597. The van der Waals surface area contributed by atoms with Gasteiger partial charge in [-0.15, -0.1) is 0 Å². The summed E-state index contributed by atoms with van der Waals surface area (Å²) in [6.07, 6.45) is 7.39. The van der Waals surface area contributed by atoms with Crippen LogP contribution in [0.5, 0.6) is 5.75 Å². The van der Waals surface area contributed by atoms with Gasteiger partial charge in [0.15, 0.2) is 5.75 Å². The van der Waals surface area contributed by atoms with Gasteiger partial charge in [0.1, 0.15) is 5.69 Å². The van der Waals surface area contributed by atoms with Crippen LogP contribution in [0.15, 0.2) is 66.9 Å². The number of methoxy groups -OCH3 is 1. The molecule has 6 nitrogen and oxygen atoms in total. The van der Waals surface area contributed by atoms with Gasteiger partial charge < -0.3 is 4.74 Å². The number of ether oxygens (including phenoxy) is 1. The molecule has 0 saturated carbocycles. The Kier molecular flexibility index (Phi) is 5.82. The lowest BCUT2D eigenvalue weighted by molar-refractivity contribution is 0.0701. The average Bonchev–Trinajstić information content (AvgIpc) is 3.07. The molecule has 0 unspecified atom stereocenters. The number of aromatic nitrogens is 2. The van der Waals surface area contributed by atoms with E-state index in [-0.39, 0.29) is 0 Å². The molecule has 2 aromatic heterocycles. The van der Waals surface area contributed by atoms with Gasteiger partial charge in [-0.3, -0.25) is 15.0 Å². The topological polar surface area (TPSA) is 84.3 Å². The van der Waals surface area contributed by atoms with E-state index in [1.165, 1.54) is 7.11 Å². The molecule has 34 heavy (non-hydrogen) atoms. The summed E-state index contributed by atoms with van der Waals surface area (Å²) < 4.78 is 5.69. The summed E-state index contributed by atoms with van der Waals surface area (Å²) >= 11 is 0. The summed E-state index contributed by atoms with van der Waals surface area (Å²) in [5.74, 6) is 0.106. The summed E-state index contributed by atoms with van der Waals surface area (Å²) in [7, 11) is 1.52. The second-order valence-corrected chi connectivity index (χ2v) is 8.61. The van der Waals surface area contributed by atoms with Gasteiger partial charge in [0.2, 0.25) is 0 Å². The van der Waals surface area contributed by atoms with Gasteiger partial charge in [-0.05, 0) is 59.7 Å². The van der Waals surface area contributed by atoms with Crippen molar-refractivity contribution < 1.29 is 14.7 Å². The Morgan fingerprint density at radius 1 is 1.09 bits per heavy atom. The molecule has 0 saturated heterocycles. The molecular formula is C28H25N3O3. The number of hydrogen-bond donors (Lipinski definition) is 2. The van der Waals surface area contributed by atoms with Crippen LogP contribution in [0.1, 0.15) is 35.0 Å². The molecule has 170 valence electrons. The summed E-state index contributed by atoms with van der Waals surface area (Å²) in [4.78, 5) is 22.0. The van der Waals surface area contributed by atoms with Gasteiger partial charge in [-0.1, -0.05) is 49.4 Å². The van der Waals surface area contributed by atoms with Gasteiger partial charge in [-0.2, -0.15) is 0 Å². The lowest BCUT2D eigenvalue weighted by Gasteiger charge is -2.19. The Bertz CT molecular complexity index is 1410. The second kappa shape index (κ2) is 9.08. The van der Waals surface area contributed by atoms with Gasteiger partial charge >= 0.3 is 0 Å². The highest BCUT2D eigenvalue weighted by Gasteiger charge is 2.27. The molecule has 1 aliphatic carbocycles. The predicted octanol–water partition coefficient (Wildman–Crippen LogP) is 5.69. The molecule has 0 radical (unpaired) electrons. The van der Waals surface area contributed by atoms with E-state index in [1.807, 2.05) is 48.5 Å². The van der Waals surface area contributed by atoms with Crippen molar-refractivity contribution in [1.29, 1.82) is 0 Å². The minimum absolute atomic E-state index is 0.328. The standard InChI is InChI=1S/C28H25N3O3/c1-17-5-3-7-24-22(15-17)25(28(32)31-33)27(34-2)26(30-24)19-10-8-18(9-11-19)20-12-13-23-21(16-20)6-4-14-29-23/h3-4,6-14,16-17,33H,5,15H2,1-2H3,(H,31,32)/t17-/m1/s1. The first-order chi connectivity index (χ1) is 16.6. The Balaban J connectivity index is 1.61. The van der Waals surface area contributed by atoms with E-state index in [2.05, 4.69) is 30.1 Å². The van der Waals surface area contributed by atoms with Crippen LogP contribution in [0.25, 0.3) is 39.4 Å². The molecule has 5 rings (SSSR count). The van der Waals surface area contributed by atoms with Crippen molar-refractivity contribution in [2.24, 2.45) is 5.92 Å². The smallest absolute Gasteiger partial charge is 0.278 e. The number of nitrogens with zero attached hydrogens (tertiary/aromatic N) is 2. The summed E-state index contributed by atoms with van der Waals surface area (Å²) in [5, 5.41) is 10.5. The molecule has 2 heterocycles. The highest BCUT2D eigenvalue weighted by atomic mass is 16.5. The zero-order valence-corrected chi connectivity index (χ0v) is 19.1. The number of carbonyl (C=O) groups excluding carboxylic acids is 1. The fraction of sp³-hybridized carbons (Fsp3) is 0.179. The molecule has 0 spiro atoms. The number of hydrogen-bond acceptors (Lipinski definition) is 5. The van der Waals surface area contributed by atoms with E-state index in [0.717, 1.165) is 45.3 Å². The Morgan fingerprint density at radius 3 is 2.62 bits per heavy atom. The number of fused-ring (bicyclic) bond motifs is 2. The van der Waals surface area contributed by atoms with Gasteiger partial charge in [0.05, 0.1) is 23.9 Å². The van der Waals surface area contributed by atoms with E-state index >= 15 is 0 Å². The quantitative estimate of drug-likeness (QED) is 0.308. The Hall–Kier alpha value is -4.03. The number of nitrogens with one attached hydrogen (secondary N) is 1. The number of pyridine rings is 2. The maximum absolute atomic E-state index is 12.7. The molecule has 1 aliphatic rings. The third kappa shape index (κ3) is 3.93. The number of rotatable bonds is 4. The highest BCUT2D eigenvalue weighted by molar-refractivity contribution is 6.00. The van der Waals surface area contributed by atoms with Crippen molar-refractivity contribution >= 4 is 22.9 Å². The van der Waals surface area contributed by atoms with Crippen LogP contribution in [0.3, 0.4) is 0 Å². The van der Waals surface area contributed by atoms with E-state index in [4.69, 9.17) is 9.72 Å². The van der Waals surface area contributed by atoms with Crippen LogP contribution in [-0.4, -0.2) is 28.2 Å².